The van der Waals surface area contributed by atoms with Gasteiger partial charge in [-0.05, 0) is 50.3 Å². The fourth-order valence-corrected chi connectivity index (χ4v) is 3.43. The number of likely N-dealkylation sites (N-methyl/N-ethyl adjacent to an activating group) is 1. The minimum atomic E-state index is -0.114. The molecule has 3 aromatic rings. The van der Waals surface area contributed by atoms with Crippen LogP contribution in [0.25, 0.3) is 10.9 Å². The third-order valence-electron chi connectivity index (χ3n) is 4.92. The Kier molecular flexibility index (Phi) is 6.30. The molecule has 0 spiro atoms. The topological polar surface area (TPSA) is 37.3 Å². The van der Waals surface area contributed by atoms with Crippen LogP contribution in [0.4, 0.5) is 5.69 Å². The van der Waals surface area contributed by atoms with Gasteiger partial charge < -0.3 is 14.8 Å². The molecule has 4 heteroatoms. The van der Waals surface area contributed by atoms with Crippen molar-refractivity contribution in [1.29, 1.82) is 0 Å². The number of benzene rings is 2. The fourth-order valence-electron chi connectivity index (χ4n) is 3.43. The van der Waals surface area contributed by atoms with Gasteiger partial charge in [-0.15, -0.1) is 0 Å². The van der Waals surface area contributed by atoms with E-state index in [-0.39, 0.29) is 11.8 Å². The number of carbonyl (C=O) groups is 1. The summed E-state index contributed by atoms with van der Waals surface area (Å²) in [5, 5.41) is 4.27. The first-order chi connectivity index (χ1) is 13.1. The smallest absolute Gasteiger partial charge is 0.231 e. The lowest BCUT2D eigenvalue weighted by Crippen LogP contribution is -2.21. The highest BCUT2D eigenvalue weighted by atomic mass is 16.1. The molecule has 27 heavy (non-hydrogen) atoms. The van der Waals surface area contributed by atoms with Gasteiger partial charge in [-0.25, -0.2) is 0 Å². The number of amides is 1. The van der Waals surface area contributed by atoms with Crippen LogP contribution in [-0.2, 0) is 11.3 Å². The lowest BCUT2D eigenvalue weighted by atomic mass is 9.93. The second-order valence-corrected chi connectivity index (χ2v) is 7.33. The Balaban J connectivity index is 1.76. The van der Waals surface area contributed by atoms with Gasteiger partial charge in [-0.2, -0.15) is 0 Å². The Morgan fingerprint density at radius 1 is 1.11 bits per heavy atom. The summed E-state index contributed by atoms with van der Waals surface area (Å²) in [7, 11) is 4.16. The van der Waals surface area contributed by atoms with Gasteiger partial charge in [0.05, 0.1) is 5.92 Å². The summed E-state index contributed by atoms with van der Waals surface area (Å²) in [6.45, 7) is 4.07. The van der Waals surface area contributed by atoms with Gasteiger partial charge in [-0.3, -0.25) is 4.79 Å². The number of hydrogen-bond donors (Lipinski definition) is 1. The average molecular weight is 364 g/mol. The van der Waals surface area contributed by atoms with E-state index in [1.165, 1.54) is 5.52 Å². The predicted octanol–water partition coefficient (Wildman–Crippen LogP) is 4.73. The number of rotatable bonds is 8. The van der Waals surface area contributed by atoms with Crippen LogP contribution in [-0.4, -0.2) is 36.0 Å². The highest BCUT2D eigenvalue weighted by Gasteiger charge is 2.19. The van der Waals surface area contributed by atoms with Gasteiger partial charge in [0, 0.05) is 35.9 Å². The largest absolute Gasteiger partial charge is 0.346 e. The van der Waals surface area contributed by atoms with E-state index in [0.717, 1.165) is 42.6 Å². The van der Waals surface area contributed by atoms with E-state index in [1.54, 1.807) is 0 Å². The lowest BCUT2D eigenvalue weighted by Gasteiger charge is -2.17. The first-order valence-electron chi connectivity index (χ1n) is 9.68. The molecule has 0 saturated carbocycles. The number of fused-ring (bicyclic) bond motifs is 1. The van der Waals surface area contributed by atoms with Crippen molar-refractivity contribution in [3.8, 4) is 0 Å². The average Bonchev–Trinajstić information content (AvgIpc) is 3.07. The van der Waals surface area contributed by atoms with Crippen LogP contribution in [0.3, 0.4) is 0 Å². The molecule has 4 nitrogen and oxygen atoms in total. The van der Waals surface area contributed by atoms with Gasteiger partial charge >= 0.3 is 0 Å². The number of nitrogens with zero attached hydrogens (tertiary/aromatic N) is 2. The molecular weight excluding hydrogens is 334 g/mol. The lowest BCUT2D eigenvalue weighted by molar-refractivity contribution is -0.117. The first-order valence-corrected chi connectivity index (χ1v) is 9.68. The minimum Gasteiger partial charge on any atom is -0.346 e. The highest BCUT2D eigenvalue weighted by molar-refractivity contribution is 5.97. The molecule has 0 radical (unpaired) electrons. The minimum absolute atomic E-state index is 0.0643. The van der Waals surface area contributed by atoms with Crippen molar-refractivity contribution in [3.63, 3.8) is 0 Å². The van der Waals surface area contributed by atoms with Crippen molar-refractivity contribution >= 4 is 22.5 Å². The molecule has 2 aromatic carbocycles. The summed E-state index contributed by atoms with van der Waals surface area (Å²) < 4.78 is 2.25. The van der Waals surface area contributed by atoms with E-state index < -0.39 is 0 Å². The molecule has 1 N–H and O–H groups in total. The van der Waals surface area contributed by atoms with E-state index in [9.17, 15) is 4.79 Å². The SMILES string of the molecule is CCCC(C(=O)Nc1ccc2c(ccn2CCN(C)C)c1)c1ccccc1. The quantitative estimate of drug-likeness (QED) is 0.628. The molecule has 0 aliphatic carbocycles. The van der Waals surface area contributed by atoms with Crippen LogP contribution in [0.2, 0.25) is 0 Å². The van der Waals surface area contributed by atoms with Gasteiger partial charge in [0.15, 0.2) is 0 Å². The van der Waals surface area contributed by atoms with Gasteiger partial charge in [0.2, 0.25) is 5.91 Å². The number of hydrogen-bond acceptors (Lipinski definition) is 2. The number of anilines is 1. The summed E-state index contributed by atoms with van der Waals surface area (Å²) in [5.41, 5.74) is 3.13. The summed E-state index contributed by atoms with van der Waals surface area (Å²) >= 11 is 0. The Labute approximate surface area is 161 Å². The highest BCUT2D eigenvalue weighted by Crippen LogP contribution is 2.25. The zero-order valence-electron chi connectivity index (χ0n) is 16.5. The summed E-state index contributed by atoms with van der Waals surface area (Å²) in [6, 6.07) is 18.3. The van der Waals surface area contributed by atoms with Crippen molar-refractivity contribution < 1.29 is 4.79 Å². The number of nitrogens with one attached hydrogen (secondary N) is 1. The molecule has 1 atom stereocenters. The molecule has 3 rings (SSSR count). The van der Waals surface area contributed by atoms with Crippen molar-refractivity contribution in [3.05, 3.63) is 66.4 Å². The summed E-state index contributed by atoms with van der Waals surface area (Å²) in [5.74, 6) is -0.0500. The molecule has 0 saturated heterocycles. The van der Waals surface area contributed by atoms with Crippen LogP contribution in [0.15, 0.2) is 60.8 Å². The Morgan fingerprint density at radius 2 is 1.89 bits per heavy atom. The zero-order valence-corrected chi connectivity index (χ0v) is 16.5. The van der Waals surface area contributed by atoms with Crippen molar-refractivity contribution in [2.24, 2.45) is 0 Å². The monoisotopic (exact) mass is 363 g/mol. The molecule has 0 aliphatic heterocycles. The van der Waals surface area contributed by atoms with Gasteiger partial charge in [0.1, 0.15) is 0 Å². The van der Waals surface area contributed by atoms with Crippen LogP contribution in [0.5, 0.6) is 0 Å². The Bertz CT molecular complexity index is 883. The molecule has 0 bridgehead atoms. The second kappa shape index (κ2) is 8.87. The standard InChI is InChI=1S/C23H29N3O/c1-4-8-21(18-9-6-5-7-10-18)23(27)24-20-11-12-22-19(17-20)13-14-26(22)16-15-25(2)3/h5-7,9-14,17,21H,4,8,15-16H2,1-3H3,(H,24,27). The van der Waals surface area contributed by atoms with E-state index in [4.69, 9.17) is 0 Å². The van der Waals surface area contributed by atoms with Crippen LogP contribution in [0.1, 0.15) is 31.2 Å². The van der Waals surface area contributed by atoms with Gasteiger partial charge in [-0.1, -0.05) is 43.7 Å². The fraction of sp³-hybridized carbons (Fsp3) is 0.348. The van der Waals surface area contributed by atoms with Crippen molar-refractivity contribution in [2.75, 3.05) is 26.0 Å². The van der Waals surface area contributed by atoms with E-state index >= 15 is 0 Å². The normalized spacial score (nSPS) is 12.4. The molecular formula is C23H29N3O. The van der Waals surface area contributed by atoms with Crippen molar-refractivity contribution in [1.82, 2.24) is 9.47 Å². The third kappa shape index (κ3) is 4.77. The maximum atomic E-state index is 12.9. The summed E-state index contributed by atoms with van der Waals surface area (Å²) in [6.07, 6.45) is 3.93. The predicted molar refractivity (Wildman–Crippen MR) is 113 cm³/mol. The summed E-state index contributed by atoms with van der Waals surface area (Å²) in [4.78, 5) is 15.1. The van der Waals surface area contributed by atoms with E-state index in [0.29, 0.717) is 0 Å². The molecule has 1 unspecified atom stereocenters. The molecule has 142 valence electrons. The van der Waals surface area contributed by atoms with Crippen molar-refractivity contribution in [2.45, 2.75) is 32.2 Å². The van der Waals surface area contributed by atoms with E-state index in [1.807, 2.05) is 36.4 Å². The van der Waals surface area contributed by atoms with Crippen LogP contribution >= 0.6 is 0 Å². The maximum Gasteiger partial charge on any atom is 0.231 e. The first kappa shape index (κ1) is 19.2. The zero-order chi connectivity index (χ0) is 19.2. The van der Waals surface area contributed by atoms with Gasteiger partial charge in [0.25, 0.3) is 0 Å². The molecule has 1 heterocycles. The second-order valence-electron chi connectivity index (χ2n) is 7.33. The molecule has 0 aliphatic rings. The van der Waals surface area contributed by atoms with Crippen LogP contribution in [0, 0.1) is 0 Å². The molecule has 1 aromatic heterocycles. The van der Waals surface area contributed by atoms with E-state index in [2.05, 4.69) is 60.2 Å². The third-order valence-corrected chi connectivity index (χ3v) is 4.92. The maximum absolute atomic E-state index is 12.9. The molecule has 0 fully saturated rings. The Morgan fingerprint density at radius 3 is 2.59 bits per heavy atom. The Hall–Kier alpha value is -2.59. The molecule has 1 amide bonds. The number of aromatic nitrogens is 1. The number of carbonyl (C=O) groups excluding carboxylic acids is 1. The van der Waals surface area contributed by atoms with Crippen LogP contribution < -0.4 is 5.32 Å².